The molecule has 1 aromatic carbocycles. The number of aromatic nitrogens is 2. The van der Waals surface area contributed by atoms with E-state index in [1.165, 1.54) is 0 Å². The van der Waals surface area contributed by atoms with Crippen LogP contribution in [-0.4, -0.2) is 22.1 Å². The predicted molar refractivity (Wildman–Crippen MR) is 71.5 cm³/mol. The van der Waals surface area contributed by atoms with E-state index in [9.17, 15) is 0 Å². The molecule has 0 spiro atoms. The molecule has 18 heavy (non-hydrogen) atoms. The lowest BCUT2D eigenvalue weighted by atomic mass is 10.2. The van der Waals surface area contributed by atoms with E-state index in [1.807, 2.05) is 36.2 Å². The predicted octanol–water partition coefficient (Wildman–Crippen LogP) is 2.26. The van der Waals surface area contributed by atoms with E-state index in [1.54, 1.807) is 12.4 Å². The first-order valence-corrected chi connectivity index (χ1v) is 5.94. The van der Waals surface area contributed by atoms with Gasteiger partial charge in [-0.15, -0.1) is 0 Å². The summed E-state index contributed by atoms with van der Waals surface area (Å²) in [6.07, 6.45) is 3.22. The summed E-state index contributed by atoms with van der Waals surface area (Å²) in [6, 6.07) is 7.71. The molecule has 4 nitrogen and oxygen atoms in total. The molecule has 0 bridgehead atoms. The molecule has 0 saturated heterocycles. The van der Waals surface area contributed by atoms with Crippen LogP contribution in [-0.2, 0) is 13.2 Å². The summed E-state index contributed by atoms with van der Waals surface area (Å²) in [5, 5.41) is 9.63. The summed E-state index contributed by atoms with van der Waals surface area (Å²) in [6.45, 7) is 0.610. The summed E-state index contributed by atoms with van der Waals surface area (Å²) in [5.74, 6) is 0.757. The van der Waals surface area contributed by atoms with Crippen LogP contribution in [0.1, 0.15) is 11.3 Å². The second-order valence-electron chi connectivity index (χ2n) is 4.01. The highest BCUT2D eigenvalue weighted by molar-refractivity contribution is 6.30. The Bertz CT molecular complexity index is 516. The van der Waals surface area contributed by atoms with Crippen molar-refractivity contribution in [3.8, 4) is 0 Å². The summed E-state index contributed by atoms with van der Waals surface area (Å²) >= 11 is 5.94. The van der Waals surface area contributed by atoms with Crippen LogP contribution in [0.15, 0.2) is 36.7 Å². The van der Waals surface area contributed by atoms with E-state index in [2.05, 4.69) is 9.97 Å². The van der Waals surface area contributed by atoms with Crippen molar-refractivity contribution >= 4 is 17.4 Å². The van der Waals surface area contributed by atoms with Crippen LogP contribution < -0.4 is 4.90 Å². The van der Waals surface area contributed by atoms with Crippen molar-refractivity contribution in [2.45, 2.75) is 13.2 Å². The standard InChI is InChI=1S/C13H14ClN3O/c1-17(8-10-3-2-4-11(14)5-10)13-7-15-12(9-18)6-16-13/h2-7,18H,8-9H2,1H3. The number of aliphatic hydroxyl groups excluding tert-OH is 1. The molecule has 0 aliphatic carbocycles. The minimum Gasteiger partial charge on any atom is -0.390 e. The Labute approximate surface area is 111 Å². The first-order chi connectivity index (χ1) is 8.69. The van der Waals surface area contributed by atoms with Gasteiger partial charge in [-0.25, -0.2) is 4.98 Å². The maximum absolute atomic E-state index is 8.90. The monoisotopic (exact) mass is 263 g/mol. The Morgan fingerprint density at radius 1 is 1.28 bits per heavy atom. The van der Waals surface area contributed by atoms with E-state index in [0.29, 0.717) is 12.2 Å². The number of anilines is 1. The summed E-state index contributed by atoms with van der Waals surface area (Å²) in [4.78, 5) is 10.3. The zero-order valence-electron chi connectivity index (χ0n) is 10.0. The van der Waals surface area contributed by atoms with Gasteiger partial charge < -0.3 is 10.0 Å². The highest BCUT2D eigenvalue weighted by Gasteiger charge is 2.04. The lowest BCUT2D eigenvalue weighted by Crippen LogP contribution is -2.18. The Morgan fingerprint density at radius 3 is 2.72 bits per heavy atom. The van der Waals surface area contributed by atoms with Crippen LogP contribution >= 0.6 is 11.6 Å². The molecule has 0 aliphatic rings. The van der Waals surface area contributed by atoms with Crippen molar-refractivity contribution in [1.29, 1.82) is 0 Å². The van der Waals surface area contributed by atoms with Crippen molar-refractivity contribution in [3.63, 3.8) is 0 Å². The van der Waals surface area contributed by atoms with Gasteiger partial charge in [-0.05, 0) is 17.7 Å². The molecular weight excluding hydrogens is 250 g/mol. The second-order valence-corrected chi connectivity index (χ2v) is 4.45. The molecule has 0 unspecified atom stereocenters. The van der Waals surface area contributed by atoms with Crippen molar-refractivity contribution < 1.29 is 5.11 Å². The Kier molecular flexibility index (Phi) is 4.12. The molecule has 5 heteroatoms. The van der Waals surface area contributed by atoms with Crippen LogP contribution in [0.3, 0.4) is 0 Å². The smallest absolute Gasteiger partial charge is 0.147 e. The van der Waals surface area contributed by atoms with E-state index >= 15 is 0 Å². The molecule has 0 fully saturated rings. The van der Waals surface area contributed by atoms with Gasteiger partial charge in [-0.1, -0.05) is 23.7 Å². The zero-order chi connectivity index (χ0) is 13.0. The van der Waals surface area contributed by atoms with Gasteiger partial charge in [0.2, 0.25) is 0 Å². The minimum absolute atomic E-state index is 0.0920. The van der Waals surface area contributed by atoms with Crippen molar-refractivity contribution in [2.75, 3.05) is 11.9 Å². The fourth-order valence-corrected chi connectivity index (χ4v) is 1.83. The molecule has 2 aromatic rings. The average Bonchev–Trinajstić information content (AvgIpc) is 2.39. The molecule has 0 atom stereocenters. The Hall–Kier alpha value is -1.65. The topological polar surface area (TPSA) is 49.2 Å². The zero-order valence-corrected chi connectivity index (χ0v) is 10.8. The number of hydrogen-bond acceptors (Lipinski definition) is 4. The molecule has 2 rings (SSSR count). The van der Waals surface area contributed by atoms with Gasteiger partial charge in [0, 0.05) is 18.6 Å². The largest absolute Gasteiger partial charge is 0.390 e. The maximum Gasteiger partial charge on any atom is 0.147 e. The summed E-state index contributed by atoms with van der Waals surface area (Å²) in [7, 11) is 1.93. The molecule has 1 N–H and O–H groups in total. The van der Waals surface area contributed by atoms with Gasteiger partial charge >= 0.3 is 0 Å². The lowest BCUT2D eigenvalue weighted by Gasteiger charge is -2.18. The van der Waals surface area contributed by atoms with Crippen LogP contribution in [0.2, 0.25) is 5.02 Å². The van der Waals surface area contributed by atoms with Gasteiger partial charge in [0.25, 0.3) is 0 Å². The molecule has 0 radical (unpaired) electrons. The number of halogens is 1. The number of nitrogens with zero attached hydrogens (tertiary/aromatic N) is 3. The first-order valence-electron chi connectivity index (χ1n) is 5.56. The van der Waals surface area contributed by atoms with Crippen LogP contribution in [0.5, 0.6) is 0 Å². The van der Waals surface area contributed by atoms with Gasteiger partial charge in [-0.3, -0.25) is 4.98 Å². The van der Waals surface area contributed by atoms with Crippen LogP contribution in [0, 0.1) is 0 Å². The highest BCUT2D eigenvalue weighted by Crippen LogP contribution is 2.15. The van der Waals surface area contributed by atoms with Gasteiger partial charge in [0.1, 0.15) is 5.82 Å². The summed E-state index contributed by atoms with van der Waals surface area (Å²) < 4.78 is 0. The number of rotatable bonds is 4. The lowest BCUT2D eigenvalue weighted by molar-refractivity contribution is 0.276. The SMILES string of the molecule is CN(Cc1cccc(Cl)c1)c1cnc(CO)cn1. The van der Waals surface area contributed by atoms with Crippen molar-refractivity contribution in [2.24, 2.45) is 0 Å². The molecule has 0 amide bonds. The van der Waals surface area contributed by atoms with E-state index < -0.39 is 0 Å². The van der Waals surface area contributed by atoms with Crippen LogP contribution in [0.25, 0.3) is 0 Å². The normalized spacial score (nSPS) is 10.4. The number of aliphatic hydroxyl groups is 1. The second kappa shape index (κ2) is 5.80. The molecule has 1 aromatic heterocycles. The van der Waals surface area contributed by atoms with Crippen molar-refractivity contribution in [3.05, 3.63) is 52.9 Å². The maximum atomic E-state index is 8.90. The quantitative estimate of drug-likeness (QED) is 0.919. The molecule has 0 aliphatic heterocycles. The number of hydrogen-bond donors (Lipinski definition) is 1. The minimum atomic E-state index is -0.0920. The highest BCUT2D eigenvalue weighted by atomic mass is 35.5. The number of benzene rings is 1. The van der Waals surface area contributed by atoms with Gasteiger partial charge in [0.05, 0.1) is 24.7 Å². The van der Waals surface area contributed by atoms with E-state index in [4.69, 9.17) is 16.7 Å². The fraction of sp³-hybridized carbons (Fsp3) is 0.231. The van der Waals surface area contributed by atoms with Gasteiger partial charge in [-0.2, -0.15) is 0 Å². The Morgan fingerprint density at radius 2 is 2.11 bits per heavy atom. The molecule has 1 heterocycles. The first kappa shape index (κ1) is 12.8. The summed E-state index contributed by atoms with van der Waals surface area (Å²) in [5.41, 5.74) is 1.67. The molecule has 94 valence electrons. The third kappa shape index (κ3) is 3.18. The third-order valence-electron chi connectivity index (χ3n) is 2.55. The molecule has 0 saturated carbocycles. The van der Waals surface area contributed by atoms with E-state index in [-0.39, 0.29) is 6.61 Å². The Balaban J connectivity index is 2.09. The van der Waals surface area contributed by atoms with Crippen LogP contribution in [0.4, 0.5) is 5.82 Å². The molecular formula is C13H14ClN3O. The van der Waals surface area contributed by atoms with E-state index in [0.717, 1.165) is 16.4 Å². The average molecular weight is 264 g/mol. The third-order valence-corrected chi connectivity index (χ3v) is 2.79. The van der Waals surface area contributed by atoms with Gasteiger partial charge in [0.15, 0.2) is 0 Å². The van der Waals surface area contributed by atoms with Crippen molar-refractivity contribution in [1.82, 2.24) is 9.97 Å². The fourth-order valence-electron chi connectivity index (χ4n) is 1.62.